The van der Waals surface area contributed by atoms with Gasteiger partial charge in [-0.15, -0.1) is 0 Å². The Hall–Kier alpha value is -3.35. The molecule has 1 aliphatic rings. The van der Waals surface area contributed by atoms with Crippen molar-refractivity contribution in [2.45, 2.75) is 39.2 Å². The number of likely N-dealkylation sites (tertiary alicyclic amines) is 1. The van der Waals surface area contributed by atoms with Gasteiger partial charge in [0.15, 0.2) is 0 Å². The average molecular weight is 424 g/mol. The summed E-state index contributed by atoms with van der Waals surface area (Å²) in [5, 5.41) is 3.02. The van der Waals surface area contributed by atoms with Crippen molar-refractivity contribution in [1.82, 2.24) is 10.2 Å². The SMILES string of the molecule is CCOC(=O)Oc1ccc(C(=O)NC2CCN(C(=O)Cc3cccc(C)c3)CC2)cc1. The third kappa shape index (κ3) is 6.57. The Labute approximate surface area is 182 Å². The van der Waals surface area contributed by atoms with E-state index in [1.807, 2.05) is 36.1 Å². The third-order valence-corrected chi connectivity index (χ3v) is 5.20. The maximum absolute atomic E-state index is 12.6. The molecular formula is C24H28N2O5. The standard InChI is InChI=1S/C24H28N2O5/c1-3-30-24(29)31-21-9-7-19(8-10-21)23(28)25-20-11-13-26(14-12-20)22(27)16-18-6-4-5-17(2)15-18/h4-10,15,20H,3,11-14,16H2,1-2H3,(H,25,28). The average Bonchev–Trinajstić information content (AvgIpc) is 2.75. The fourth-order valence-electron chi connectivity index (χ4n) is 3.57. The molecule has 2 aromatic carbocycles. The van der Waals surface area contributed by atoms with E-state index in [4.69, 9.17) is 9.47 Å². The van der Waals surface area contributed by atoms with E-state index in [0.717, 1.165) is 24.0 Å². The summed E-state index contributed by atoms with van der Waals surface area (Å²) in [6.45, 7) is 5.20. The van der Waals surface area contributed by atoms with Crippen LogP contribution < -0.4 is 10.1 Å². The largest absolute Gasteiger partial charge is 0.513 e. The lowest BCUT2D eigenvalue weighted by Crippen LogP contribution is -2.47. The number of nitrogens with zero attached hydrogens (tertiary/aromatic N) is 1. The fraction of sp³-hybridized carbons (Fsp3) is 0.375. The molecule has 0 saturated carbocycles. The first kappa shape index (κ1) is 22.3. The molecule has 0 unspecified atom stereocenters. The highest BCUT2D eigenvalue weighted by Crippen LogP contribution is 2.16. The Bertz CT molecular complexity index is 918. The van der Waals surface area contributed by atoms with E-state index < -0.39 is 6.16 Å². The molecule has 1 fully saturated rings. The summed E-state index contributed by atoms with van der Waals surface area (Å²) in [6.07, 6.45) is 1.06. The molecule has 2 aromatic rings. The van der Waals surface area contributed by atoms with Gasteiger partial charge in [-0.25, -0.2) is 4.79 Å². The minimum atomic E-state index is -0.775. The van der Waals surface area contributed by atoms with E-state index in [-0.39, 0.29) is 24.5 Å². The molecule has 3 rings (SSSR count). The highest BCUT2D eigenvalue weighted by atomic mass is 16.7. The lowest BCUT2D eigenvalue weighted by atomic mass is 10.0. The molecule has 31 heavy (non-hydrogen) atoms. The van der Waals surface area contributed by atoms with Crippen LogP contribution in [-0.4, -0.2) is 48.6 Å². The lowest BCUT2D eigenvalue weighted by Gasteiger charge is -2.32. The zero-order valence-corrected chi connectivity index (χ0v) is 17.9. The smallest absolute Gasteiger partial charge is 0.434 e. The van der Waals surface area contributed by atoms with Crippen LogP contribution in [0.1, 0.15) is 41.3 Å². The predicted molar refractivity (Wildman–Crippen MR) is 116 cm³/mol. The van der Waals surface area contributed by atoms with E-state index in [2.05, 4.69) is 5.32 Å². The van der Waals surface area contributed by atoms with Crippen LogP contribution in [-0.2, 0) is 16.0 Å². The number of rotatable bonds is 6. The normalized spacial score (nSPS) is 14.1. The van der Waals surface area contributed by atoms with Gasteiger partial charge < -0.3 is 19.7 Å². The van der Waals surface area contributed by atoms with Crippen molar-refractivity contribution in [3.05, 3.63) is 65.2 Å². The van der Waals surface area contributed by atoms with E-state index >= 15 is 0 Å². The van der Waals surface area contributed by atoms with Crippen molar-refractivity contribution in [3.8, 4) is 5.75 Å². The maximum atomic E-state index is 12.6. The summed E-state index contributed by atoms with van der Waals surface area (Å²) in [6, 6.07) is 14.3. The Morgan fingerprint density at radius 1 is 1.06 bits per heavy atom. The van der Waals surface area contributed by atoms with Gasteiger partial charge in [-0.3, -0.25) is 9.59 Å². The van der Waals surface area contributed by atoms with Crippen LogP contribution in [0.3, 0.4) is 0 Å². The van der Waals surface area contributed by atoms with Gasteiger partial charge in [0.1, 0.15) is 5.75 Å². The molecule has 0 atom stereocenters. The predicted octanol–water partition coefficient (Wildman–Crippen LogP) is 3.49. The molecule has 0 spiro atoms. The Morgan fingerprint density at radius 2 is 1.77 bits per heavy atom. The van der Waals surface area contributed by atoms with Crippen molar-refractivity contribution in [1.29, 1.82) is 0 Å². The van der Waals surface area contributed by atoms with Crippen molar-refractivity contribution < 1.29 is 23.9 Å². The molecule has 0 radical (unpaired) electrons. The van der Waals surface area contributed by atoms with E-state index in [0.29, 0.717) is 30.8 Å². The minimum Gasteiger partial charge on any atom is -0.434 e. The van der Waals surface area contributed by atoms with Gasteiger partial charge >= 0.3 is 6.16 Å². The molecule has 1 N–H and O–H groups in total. The summed E-state index contributed by atoms with van der Waals surface area (Å²) in [5.74, 6) is 0.246. The fourth-order valence-corrected chi connectivity index (χ4v) is 3.57. The second-order valence-corrected chi connectivity index (χ2v) is 7.60. The Kier molecular flexibility index (Phi) is 7.65. The molecule has 0 aromatic heterocycles. The number of carbonyl (C=O) groups excluding carboxylic acids is 3. The quantitative estimate of drug-likeness (QED) is 0.567. The molecule has 0 bridgehead atoms. The highest BCUT2D eigenvalue weighted by Gasteiger charge is 2.24. The number of piperidine rings is 1. The monoisotopic (exact) mass is 424 g/mol. The summed E-state index contributed by atoms with van der Waals surface area (Å²) in [7, 11) is 0. The van der Waals surface area contributed by atoms with Crippen LogP contribution in [0.5, 0.6) is 5.75 Å². The first-order valence-electron chi connectivity index (χ1n) is 10.5. The summed E-state index contributed by atoms with van der Waals surface area (Å²) < 4.78 is 9.71. The third-order valence-electron chi connectivity index (χ3n) is 5.20. The number of amides is 2. The van der Waals surface area contributed by atoms with E-state index in [1.165, 1.54) is 0 Å². The van der Waals surface area contributed by atoms with E-state index in [9.17, 15) is 14.4 Å². The molecule has 164 valence electrons. The zero-order chi connectivity index (χ0) is 22.2. The van der Waals surface area contributed by atoms with Gasteiger partial charge in [0.25, 0.3) is 5.91 Å². The number of aryl methyl sites for hydroxylation is 1. The zero-order valence-electron chi connectivity index (χ0n) is 17.9. The van der Waals surface area contributed by atoms with Crippen LogP contribution in [0.25, 0.3) is 0 Å². The lowest BCUT2D eigenvalue weighted by molar-refractivity contribution is -0.131. The Balaban J connectivity index is 1.45. The number of benzene rings is 2. The van der Waals surface area contributed by atoms with Crippen LogP contribution in [0.4, 0.5) is 4.79 Å². The summed E-state index contributed by atoms with van der Waals surface area (Å²) in [4.78, 5) is 38.3. The van der Waals surface area contributed by atoms with Crippen molar-refractivity contribution in [2.24, 2.45) is 0 Å². The molecule has 7 heteroatoms. The van der Waals surface area contributed by atoms with Crippen LogP contribution >= 0.6 is 0 Å². The van der Waals surface area contributed by atoms with Crippen LogP contribution in [0, 0.1) is 6.92 Å². The van der Waals surface area contributed by atoms with Gasteiger partial charge in [0.2, 0.25) is 5.91 Å². The van der Waals surface area contributed by atoms with Crippen molar-refractivity contribution in [3.63, 3.8) is 0 Å². The first-order chi connectivity index (χ1) is 14.9. The number of carbonyl (C=O) groups is 3. The molecule has 1 heterocycles. The number of ether oxygens (including phenoxy) is 2. The molecule has 1 aliphatic heterocycles. The summed E-state index contributed by atoms with van der Waals surface area (Å²) in [5.41, 5.74) is 2.65. The molecule has 7 nitrogen and oxygen atoms in total. The van der Waals surface area contributed by atoms with E-state index in [1.54, 1.807) is 31.2 Å². The van der Waals surface area contributed by atoms with Crippen LogP contribution in [0.15, 0.2) is 48.5 Å². The second-order valence-electron chi connectivity index (χ2n) is 7.60. The second kappa shape index (κ2) is 10.6. The number of hydrogen-bond donors (Lipinski definition) is 1. The van der Waals surface area contributed by atoms with Crippen LogP contribution in [0.2, 0.25) is 0 Å². The van der Waals surface area contributed by atoms with Gasteiger partial charge in [-0.05, 0) is 56.5 Å². The minimum absolute atomic E-state index is 0.0194. The van der Waals surface area contributed by atoms with Gasteiger partial charge in [0.05, 0.1) is 13.0 Å². The van der Waals surface area contributed by atoms with Gasteiger partial charge in [-0.2, -0.15) is 0 Å². The van der Waals surface area contributed by atoms with Gasteiger partial charge in [0, 0.05) is 24.7 Å². The summed E-state index contributed by atoms with van der Waals surface area (Å²) >= 11 is 0. The van der Waals surface area contributed by atoms with Crippen molar-refractivity contribution >= 4 is 18.0 Å². The Morgan fingerprint density at radius 3 is 2.42 bits per heavy atom. The number of nitrogens with one attached hydrogen (secondary N) is 1. The molecular weight excluding hydrogens is 396 g/mol. The molecule has 1 saturated heterocycles. The highest BCUT2D eigenvalue weighted by molar-refractivity contribution is 5.94. The maximum Gasteiger partial charge on any atom is 0.513 e. The first-order valence-corrected chi connectivity index (χ1v) is 10.5. The number of hydrogen-bond acceptors (Lipinski definition) is 5. The molecule has 0 aliphatic carbocycles. The molecule has 2 amide bonds. The topological polar surface area (TPSA) is 84.9 Å². The van der Waals surface area contributed by atoms with Crippen molar-refractivity contribution in [2.75, 3.05) is 19.7 Å². The van der Waals surface area contributed by atoms with Gasteiger partial charge in [-0.1, -0.05) is 29.8 Å².